The van der Waals surface area contributed by atoms with E-state index in [-0.39, 0.29) is 0 Å². The van der Waals surface area contributed by atoms with Crippen LogP contribution in [-0.4, -0.2) is 25.1 Å². The molecule has 1 N–H and O–H groups in total. The van der Waals surface area contributed by atoms with Gasteiger partial charge in [0, 0.05) is 5.56 Å². The van der Waals surface area contributed by atoms with Crippen molar-refractivity contribution in [1.82, 2.24) is 0 Å². The second kappa shape index (κ2) is 6.71. The summed E-state index contributed by atoms with van der Waals surface area (Å²) in [5.74, 6) is 1.36. The first-order chi connectivity index (χ1) is 7.81. The molecule has 0 amide bonds. The van der Waals surface area contributed by atoms with Gasteiger partial charge in [0.1, 0.15) is 0 Å². The minimum absolute atomic E-state index is 0.647. The lowest BCUT2D eigenvalue weighted by Crippen LogP contribution is -1.99. The fourth-order valence-corrected chi connectivity index (χ4v) is 1.28. The van der Waals surface area contributed by atoms with Crippen molar-refractivity contribution in [2.45, 2.75) is 19.8 Å². The van der Waals surface area contributed by atoms with Crippen molar-refractivity contribution in [1.29, 1.82) is 0 Å². The minimum Gasteiger partial charge on any atom is -0.493 e. The minimum atomic E-state index is 0.647. The molecule has 0 aliphatic heterocycles. The van der Waals surface area contributed by atoms with Crippen molar-refractivity contribution in [2.24, 2.45) is 5.16 Å². The second-order valence-corrected chi connectivity index (χ2v) is 3.36. The molecule has 4 nitrogen and oxygen atoms in total. The lowest BCUT2D eigenvalue weighted by atomic mass is 10.2. The van der Waals surface area contributed by atoms with Gasteiger partial charge in [-0.15, -0.1) is 0 Å². The summed E-state index contributed by atoms with van der Waals surface area (Å²) >= 11 is 0. The van der Waals surface area contributed by atoms with Gasteiger partial charge in [0.25, 0.3) is 0 Å². The summed E-state index contributed by atoms with van der Waals surface area (Å²) < 4.78 is 10.8. The molecule has 1 aromatic rings. The van der Waals surface area contributed by atoms with Gasteiger partial charge in [-0.3, -0.25) is 0 Å². The standard InChI is InChI=1S/C12H17NO3/c1-3-4-7-16-11-6-5-10(9-13-14)8-12(11)15-2/h5-6,8-9,14H,3-4,7H2,1-2H3/b13-9-. The Morgan fingerprint density at radius 2 is 2.19 bits per heavy atom. The highest BCUT2D eigenvalue weighted by Gasteiger charge is 2.04. The average Bonchev–Trinajstić information content (AvgIpc) is 2.31. The van der Waals surface area contributed by atoms with Crippen LogP contribution in [0.2, 0.25) is 0 Å². The largest absolute Gasteiger partial charge is 0.493 e. The van der Waals surface area contributed by atoms with Crippen molar-refractivity contribution >= 4 is 6.21 Å². The number of rotatable bonds is 6. The first kappa shape index (κ1) is 12.4. The van der Waals surface area contributed by atoms with Gasteiger partial charge < -0.3 is 14.7 Å². The van der Waals surface area contributed by atoms with Crippen LogP contribution in [0.4, 0.5) is 0 Å². The third-order valence-electron chi connectivity index (χ3n) is 2.15. The van der Waals surface area contributed by atoms with E-state index in [0.29, 0.717) is 18.1 Å². The molecule has 0 heterocycles. The topological polar surface area (TPSA) is 51.0 Å². The number of benzene rings is 1. The van der Waals surface area contributed by atoms with Crippen LogP contribution in [0.15, 0.2) is 23.4 Å². The third-order valence-corrected chi connectivity index (χ3v) is 2.15. The summed E-state index contributed by atoms with van der Waals surface area (Å²) in [6, 6.07) is 5.38. The number of unbranched alkanes of at least 4 members (excludes halogenated alkanes) is 1. The van der Waals surface area contributed by atoms with E-state index in [2.05, 4.69) is 12.1 Å². The van der Waals surface area contributed by atoms with Gasteiger partial charge in [-0.2, -0.15) is 0 Å². The molecule has 0 aromatic heterocycles. The number of methoxy groups -OCH3 is 1. The molecule has 0 bridgehead atoms. The van der Waals surface area contributed by atoms with Crippen LogP contribution < -0.4 is 9.47 Å². The molecular formula is C12H17NO3. The fraction of sp³-hybridized carbons (Fsp3) is 0.417. The average molecular weight is 223 g/mol. The SMILES string of the molecule is CCCCOc1ccc(/C=N\O)cc1OC. The molecular weight excluding hydrogens is 206 g/mol. The molecule has 16 heavy (non-hydrogen) atoms. The maximum Gasteiger partial charge on any atom is 0.161 e. The van der Waals surface area contributed by atoms with E-state index < -0.39 is 0 Å². The first-order valence-corrected chi connectivity index (χ1v) is 5.30. The highest BCUT2D eigenvalue weighted by molar-refractivity contribution is 5.80. The maximum atomic E-state index is 8.42. The van der Waals surface area contributed by atoms with Crippen LogP contribution in [0.5, 0.6) is 11.5 Å². The monoisotopic (exact) mass is 223 g/mol. The van der Waals surface area contributed by atoms with Crippen LogP contribution in [0.3, 0.4) is 0 Å². The molecule has 0 atom stereocenters. The van der Waals surface area contributed by atoms with Gasteiger partial charge in [-0.1, -0.05) is 18.5 Å². The quantitative estimate of drug-likeness (QED) is 0.349. The van der Waals surface area contributed by atoms with Crippen LogP contribution in [0.1, 0.15) is 25.3 Å². The summed E-state index contributed by atoms with van der Waals surface area (Å²) in [5, 5.41) is 11.4. The predicted molar refractivity (Wildman–Crippen MR) is 62.8 cm³/mol. The molecule has 4 heteroatoms. The Kier molecular flexibility index (Phi) is 5.19. The van der Waals surface area contributed by atoms with E-state index in [1.165, 1.54) is 6.21 Å². The summed E-state index contributed by atoms with van der Waals surface area (Å²) in [4.78, 5) is 0. The molecule has 0 spiro atoms. The molecule has 0 aliphatic rings. The van der Waals surface area contributed by atoms with Crippen LogP contribution in [0, 0.1) is 0 Å². The molecule has 0 unspecified atom stereocenters. The maximum absolute atomic E-state index is 8.42. The number of ether oxygens (including phenoxy) is 2. The first-order valence-electron chi connectivity index (χ1n) is 5.30. The number of nitrogens with zero attached hydrogens (tertiary/aromatic N) is 1. The van der Waals surface area contributed by atoms with Crippen LogP contribution >= 0.6 is 0 Å². The number of oxime groups is 1. The second-order valence-electron chi connectivity index (χ2n) is 3.36. The summed E-state index contributed by atoms with van der Waals surface area (Å²) in [7, 11) is 1.59. The van der Waals surface area contributed by atoms with Crippen molar-refractivity contribution in [2.75, 3.05) is 13.7 Å². The van der Waals surface area contributed by atoms with Crippen LogP contribution in [0.25, 0.3) is 0 Å². The van der Waals surface area contributed by atoms with Gasteiger partial charge >= 0.3 is 0 Å². The van der Waals surface area contributed by atoms with Crippen molar-refractivity contribution in [3.63, 3.8) is 0 Å². The zero-order valence-electron chi connectivity index (χ0n) is 9.64. The van der Waals surface area contributed by atoms with Crippen molar-refractivity contribution in [3.8, 4) is 11.5 Å². The molecule has 0 fully saturated rings. The van der Waals surface area contributed by atoms with Crippen molar-refractivity contribution < 1.29 is 14.7 Å². The van der Waals surface area contributed by atoms with E-state index >= 15 is 0 Å². The smallest absolute Gasteiger partial charge is 0.161 e. The Labute approximate surface area is 95.5 Å². The lowest BCUT2D eigenvalue weighted by molar-refractivity contribution is 0.288. The zero-order valence-corrected chi connectivity index (χ0v) is 9.64. The van der Waals surface area contributed by atoms with E-state index in [9.17, 15) is 0 Å². The molecule has 0 saturated heterocycles. The Morgan fingerprint density at radius 3 is 2.81 bits per heavy atom. The van der Waals surface area contributed by atoms with E-state index in [4.69, 9.17) is 14.7 Å². The van der Waals surface area contributed by atoms with Gasteiger partial charge in [0.15, 0.2) is 11.5 Å². The molecule has 1 aromatic carbocycles. The van der Waals surface area contributed by atoms with Gasteiger partial charge in [-0.25, -0.2) is 0 Å². The normalized spacial score (nSPS) is 10.6. The highest BCUT2D eigenvalue weighted by atomic mass is 16.5. The molecule has 0 radical (unpaired) electrons. The molecule has 0 aliphatic carbocycles. The highest BCUT2D eigenvalue weighted by Crippen LogP contribution is 2.27. The predicted octanol–water partition coefficient (Wildman–Crippen LogP) is 2.68. The molecule has 88 valence electrons. The zero-order chi connectivity index (χ0) is 11.8. The van der Waals surface area contributed by atoms with Crippen LogP contribution in [-0.2, 0) is 0 Å². The van der Waals surface area contributed by atoms with E-state index in [1.54, 1.807) is 13.2 Å². The summed E-state index contributed by atoms with van der Waals surface area (Å²) in [6.07, 6.45) is 3.46. The van der Waals surface area contributed by atoms with Crippen molar-refractivity contribution in [3.05, 3.63) is 23.8 Å². The van der Waals surface area contributed by atoms with Gasteiger partial charge in [0.2, 0.25) is 0 Å². The van der Waals surface area contributed by atoms with Gasteiger partial charge in [0.05, 0.1) is 19.9 Å². The Hall–Kier alpha value is -1.71. The number of hydrogen-bond donors (Lipinski definition) is 1. The Morgan fingerprint density at radius 1 is 1.38 bits per heavy atom. The molecule has 0 saturated carbocycles. The molecule has 1 rings (SSSR count). The lowest BCUT2D eigenvalue weighted by Gasteiger charge is -2.10. The fourth-order valence-electron chi connectivity index (χ4n) is 1.28. The van der Waals surface area contributed by atoms with E-state index in [0.717, 1.165) is 18.4 Å². The Bertz CT molecular complexity index is 350. The number of hydrogen-bond acceptors (Lipinski definition) is 4. The Balaban J connectivity index is 2.76. The third kappa shape index (κ3) is 3.46. The van der Waals surface area contributed by atoms with Gasteiger partial charge in [-0.05, 0) is 24.6 Å². The van der Waals surface area contributed by atoms with E-state index in [1.807, 2.05) is 12.1 Å². The summed E-state index contributed by atoms with van der Waals surface area (Å²) in [6.45, 7) is 2.79. The summed E-state index contributed by atoms with van der Waals surface area (Å²) in [5.41, 5.74) is 0.766.